The lowest BCUT2D eigenvalue weighted by atomic mass is 10.0. The Balaban J connectivity index is 1.88. The molecule has 0 saturated carbocycles. The van der Waals surface area contributed by atoms with Gasteiger partial charge in [0.05, 0.1) is 11.3 Å². The predicted octanol–water partition coefficient (Wildman–Crippen LogP) is 6.32. The van der Waals surface area contributed by atoms with Gasteiger partial charge in [-0.1, -0.05) is 35.9 Å². The summed E-state index contributed by atoms with van der Waals surface area (Å²) in [5.74, 6) is 0.491. The lowest BCUT2D eigenvalue weighted by molar-refractivity contribution is 0.662. The highest BCUT2D eigenvalue weighted by atomic mass is 32.1. The third-order valence-corrected chi connectivity index (χ3v) is 6.29. The van der Waals surface area contributed by atoms with E-state index in [0.29, 0.717) is 29.2 Å². The van der Waals surface area contributed by atoms with Gasteiger partial charge in [-0.3, -0.25) is 9.36 Å². The van der Waals surface area contributed by atoms with Crippen LogP contribution in [0.5, 0.6) is 0 Å². The standard InChI is InChI=1S/C24H23N3O2S/c1-16-12-13-21(30-16)22-17(2)25-23(19-10-6-7-11-20(19)26-29)27(24(22)28)15-14-18-8-4-3-5-9-18/h4,6-13H,3,5,14-15H2,1-2H3. The van der Waals surface area contributed by atoms with Crippen molar-refractivity contribution in [1.29, 1.82) is 0 Å². The Bertz CT molecular complexity index is 1220. The summed E-state index contributed by atoms with van der Waals surface area (Å²) < 4.78 is 1.70. The van der Waals surface area contributed by atoms with Crippen molar-refractivity contribution in [2.45, 2.75) is 39.7 Å². The van der Waals surface area contributed by atoms with Crippen LogP contribution < -0.4 is 5.56 Å². The maximum atomic E-state index is 13.6. The summed E-state index contributed by atoms with van der Waals surface area (Å²) in [5, 5.41) is 3.16. The second-order valence-electron chi connectivity index (χ2n) is 7.38. The van der Waals surface area contributed by atoms with E-state index in [1.807, 2.05) is 32.0 Å². The third-order valence-electron chi connectivity index (χ3n) is 5.28. The van der Waals surface area contributed by atoms with E-state index >= 15 is 0 Å². The van der Waals surface area contributed by atoms with Gasteiger partial charge in [0.25, 0.3) is 5.56 Å². The van der Waals surface area contributed by atoms with E-state index in [-0.39, 0.29) is 11.2 Å². The van der Waals surface area contributed by atoms with E-state index in [1.165, 1.54) is 5.57 Å². The van der Waals surface area contributed by atoms with Crippen LogP contribution in [0.15, 0.2) is 70.2 Å². The summed E-state index contributed by atoms with van der Waals surface area (Å²) in [7, 11) is 0. The van der Waals surface area contributed by atoms with Crippen LogP contribution in [0.1, 0.15) is 29.8 Å². The van der Waals surface area contributed by atoms with E-state index in [9.17, 15) is 9.70 Å². The van der Waals surface area contributed by atoms with Gasteiger partial charge in [0.2, 0.25) is 0 Å². The summed E-state index contributed by atoms with van der Waals surface area (Å²) in [4.78, 5) is 31.9. The molecule has 0 spiro atoms. The van der Waals surface area contributed by atoms with E-state index < -0.39 is 0 Å². The molecule has 0 aliphatic heterocycles. The van der Waals surface area contributed by atoms with Crippen molar-refractivity contribution in [3.8, 4) is 21.8 Å². The zero-order valence-electron chi connectivity index (χ0n) is 17.1. The summed E-state index contributed by atoms with van der Waals surface area (Å²) in [5.41, 5.74) is 3.28. The summed E-state index contributed by atoms with van der Waals surface area (Å²) >= 11 is 1.59. The molecule has 0 radical (unpaired) electrons. The number of allylic oxidation sites excluding steroid dienone is 4. The van der Waals surface area contributed by atoms with Crippen molar-refractivity contribution in [1.82, 2.24) is 9.55 Å². The van der Waals surface area contributed by atoms with Gasteiger partial charge in [0.15, 0.2) is 0 Å². The van der Waals surface area contributed by atoms with E-state index in [0.717, 1.165) is 29.0 Å². The summed E-state index contributed by atoms with van der Waals surface area (Å²) in [6.45, 7) is 4.36. The molecule has 5 nitrogen and oxygen atoms in total. The van der Waals surface area contributed by atoms with Crippen molar-refractivity contribution in [3.63, 3.8) is 0 Å². The highest BCUT2D eigenvalue weighted by Crippen LogP contribution is 2.32. The van der Waals surface area contributed by atoms with Crippen LogP contribution in [0.25, 0.3) is 21.8 Å². The molecule has 0 saturated heterocycles. The normalized spacial score (nSPS) is 13.3. The Kier molecular flexibility index (Phi) is 5.86. The summed E-state index contributed by atoms with van der Waals surface area (Å²) in [6, 6.07) is 11.0. The topological polar surface area (TPSA) is 64.3 Å². The molecular weight excluding hydrogens is 394 g/mol. The number of thiophene rings is 1. The fourth-order valence-electron chi connectivity index (χ4n) is 3.76. The number of rotatable bonds is 6. The second kappa shape index (κ2) is 8.71. The average molecular weight is 418 g/mol. The molecule has 152 valence electrons. The van der Waals surface area contributed by atoms with Crippen molar-refractivity contribution in [2.75, 3.05) is 0 Å². The van der Waals surface area contributed by atoms with Crippen molar-refractivity contribution in [3.05, 3.63) is 86.0 Å². The molecule has 0 fully saturated rings. The van der Waals surface area contributed by atoms with Gasteiger partial charge in [0.1, 0.15) is 11.5 Å². The molecule has 0 atom stereocenters. The Morgan fingerprint density at radius 2 is 1.97 bits per heavy atom. The fourth-order valence-corrected chi connectivity index (χ4v) is 4.72. The minimum Gasteiger partial charge on any atom is -0.292 e. The molecule has 3 aromatic rings. The van der Waals surface area contributed by atoms with Gasteiger partial charge in [-0.15, -0.1) is 16.2 Å². The third kappa shape index (κ3) is 3.96. The van der Waals surface area contributed by atoms with E-state index in [4.69, 9.17) is 4.98 Å². The maximum absolute atomic E-state index is 13.6. The Labute approximate surface area is 179 Å². The highest BCUT2D eigenvalue weighted by Gasteiger charge is 2.20. The molecule has 0 unspecified atom stereocenters. The van der Waals surface area contributed by atoms with Crippen molar-refractivity contribution >= 4 is 17.0 Å². The number of hydrogen-bond donors (Lipinski definition) is 0. The Hall–Kier alpha value is -3.12. The molecule has 0 amide bonds. The van der Waals surface area contributed by atoms with Crippen LogP contribution in [-0.2, 0) is 6.54 Å². The van der Waals surface area contributed by atoms with Crippen LogP contribution in [0.2, 0.25) is 0 Å². The molecule has 4 rings (SSSR count). The quantitative estimate of drug-likeness (QED) is 0.441. The van der Waals surface area contributed by atoms with E-state index in [2.05, 4.69) is 23.4 Å². The fraction of sp³-hybridized carbons (Fsp3) is 0.250. The van der Waals surface area contributed by atoms with E-state index in [1.54, 1.807) is 34.1 Å². The molecule has 1 aromatic carbocycles. The van der Waals surface area contributed by atoms with Crippen molar-refractivity contribution in [2.24, 2.45) is 5.18 Å². The zero-order valence-corrected chi connectivity index (χ0v) is 17.9. The van der Waals surface area contributed by atoms with Gasteiger partial charge in [-0.2, -0.15) is 0 Å². The number of benzene rings is 1. The first-order valence-corrected chi connectivity index (χ1v) is 10.9. The molecule has 2 heterocycles. The van der Waals surface area contributed by atoms with Gasteiger partial charge in [-0.25, -0.2) is 4.98 Å². The highest BCUT2D eigenvalue weighted by molar-refractivity contribution is 7.15. The SMILES string of the molecule is Cc1ccc(-c2c(C)nc(-c3ccccc3N=O)n(CCC3=CCCC=C3)c2=O)s1. The van der Waals surface area contributed by atoms with Crippen LogP contribution in [0, 0.1) is 18.8 Å². The molecular formula is C24H23N3O2S. The second-order valence-corrected chi connectivity index (χ2v) is 8.67. The Morgan fingerprint density at radius 3 is 2.67 bits per heavy atom. The van der Waals surface area contributed by atoms with Crippen LogP contribution in [0.4, 0.5) is 5.69 Å². The lowest BCUT2D eigenvalue weighted by Crippen LogP contribution is -2.26. The molecule has 0 bridgehead atoms. The molecule has 1 aliphatic carbocycles. The average Bonchev–Trinajstić information content (AvgIpc) is 3.19. The molecule has 0 N–H and O–H groups in total. The number of nitroso groups, excluding NO2 is 1. The lowest BCUT2D eigenvalue weighted by Gasteiger charge is -2.17. The smallest absolute Gasteiger partial charge is 0.262 e. The predicted molar refractivity (Wildman–Crippen MR) is 123 cm³/mol. The van der Waals surface area contributed by atoms with Crippen LogP contribution in [-0.4, -0.2) is 9.55 Å². The largest absolute Gasteiger partial charge is 0.292 e. The molecule has 1 aliphatic rings. The first-order chi connectivity index (χ1) is 14.6. The zero-order chi connectivity index (χ0) is 21.1. The van der Waals surface area contributed by atoms with Gasteiger partial charge >= 0.3 is 0 Å². The Morgan fingerprint density at radius 1 is 1.13 bits per heavy atom. The molecule has 30 heavy (non-hydrogen) atoms. The molecule has 6 heteroatoms. The monoisotopic (exact) mass is 417 g/mol. The minimum absolute atomic E-state index is 0.0829. The number of nitrogens with zero attached hydrogens (tertiary/aromatic N) is 3. The number of aromatic nitrogens is 2. The van der Waals surface area contributed by atoms with Crippen LogP contribution in [0.3, 0.4) is 0 Å². The number of hydrogen-bond acceptors (Lipinski definition) is 5. The van der Waals surface area contributed by atoms with Gasteiger partial charge in [-0.05, 0) is 62.6 Å². The minimum atomic E-state index is -0.0829. The van der Waals surface area contributed by atoms with Crippen molar-refractivity contribution < 1.29 is 0 Å². The van der Waals surface area contributed by atoms with Gasteiger partial charge in [0, 0.05) is 21.9 Å². The van der Waals surface area contributed by atoms with Gasteiger partial charge < -0.3 is 0 Å². The summed E-state index contributed by atoms with van der Waals surface area (Å²) in [6.07, 6.45) is 9.32. The first-order valence-electron chi connectivity index (χ1n) is 10.0. The number of aryl methyl sites for hydroxylation is 2. The van der Waals surface area contributed by atoms with Crippen LogP contribution >= 0.6 is 11.3 Å². The molecule has 2 aromatic heterocycles. The first kappa shape index (κ1) is 20.2. The maximum Gasteiger partial charge on any atom is 0.262 e.